The van der Waals surface area contributed by atoms with E-state index in [-0.39, 0.29) is 5.56 Å². The number of anilines is 1. The number of rotatable bonds is 6. The van der Waals surface area contributed by atoms with E-state index in [1.54, 1.807) is 30.3 Å². The summed E-state index contributed by atoms with van der Waals surface area (Å²) in [5.41, 5.74) is 1.64. The number of ether oxygens (including phenoxy) is 1. The van der Waals surface area contributed by atoms with Crippen molar-refractivity contribution in [2.75, 3.05) is 5.32 Å². The summed E-state index contributed by atoms with van der Waals surface area (Å²) < 4.78 is 26.4. The van der Waals surface area contributed by atoms with Crippen LogP contribution in [0.4, 0.5) is 10.1 Å². The second kappa shape index (κ2) is 10.1. The Kier molecular flexibility index (Phi) is 6.14. The molecule has 39 heavy (non-hydrogen) atoms. The molecule has 0 aliphatic rings. The Hall–Kier alpha value is -5.57. The van der Waals surface area contributed by atoms with Crippen molar-refractivity contribution in [2.24, 2.45) is 0 Å². The molecule has 6 rings (SSSR count). The van der Waals surface area contributed by atoms with E-state index >= 15 is 0 Å². The van der Waals surface area contributed by atoms with Crippen molar-refractivity contribution >= 4 is 22.7 Å². The van der Waals surface area contributed by atoms with Crippen molar-refractivity contribution < 1.29 is 18.3 Å². The van der Waals surface area contributed by atoms with Gasteiger partial charge in [-0.15, -0.1) is 0 Å². The van der Waals surface area contributed by atoms with Gasteiger partial charge >= 0.3 is 0 Å². The van der Waals surface area contributed by atoms with Gasteiger partial charge in [-0.2, -0.15) is 0 Å². The molecule has 3 aromatic heterocycles. The number of pyridine rings is 1. The largest absolute Gasteiger partial charge is 0.438 e. The first-order valence-electron chi connectivity index (χ1n) is 11.9. The van der Waals surface area contributed by atoms with Crippen LogP contribution < -0.4 is 15.6 Å². The second-order valence-corrected chi connectivity index (χ2v) is 8.53. The smallest absolute Gasteiger partial charge is 0.267 e. The molecule has 8 nitrogen and oxygen atoms in total. The lowest BCUT2D eigenvalue weighted by molar-refractivity contribution is 0.102. The number of hydrogen-bond acceptors (Lipinski definition) is 6. The molecule has 0 atom stereocenters. The van der Waals surface area contributed by atoms with Gasteiger partial charge in [-0.05, 0) is 66.7 Å². The standard InChI is InChI=1S/C30H19FN4O4/c31-20-8-12-22(13-9-20)35-16-4-7-24(30(35)37)27(36)34-21-10-14-23(15-11-21)38-28-25-17-26(19-5-2-1-3-6-19)39-29(25)33-18-32-28/h1-18H,(H,34,36). The van der Waals surface area contributed by atoms with Gasteiger partial charge in [0.1, 0.15) is 34.6 Å². The fourth-order valence-corrected chi connectivity index (χ4v) is 4.05. The number of nitrogens with one attached hydrogen (secondary N) is 1. The first-order chi connectivity index (χ1) is 19.0. The lowest BCUT2D eigenvalue weighted by atomic mass is 10.2. The minimum Gasteiger partial charge on any atom is -0.438 e. The highest BCUT2D eigenvalue weighted by molar-refractivity contribution is 6.04. The Bertz CT molecular complexity index is 1850. The Morgan fingerprint density at radius 1 is 0.897 bits per heavy atom. The summed E-state index contributed by atoms with van der Waals surface area (Å²) in [6.07, 6.45) is 2.88. The van der Waals surface area contributed by atoms with Gasteiger partial charge in [-0.25, -0.2) is 14.4 Å². The summed E-state index contributed by atoms with van der Waals surface area (Å²) in [6, 6.07) is 26.6. The molecule has 3 aromatic carbocycles. The van der Waals surface area contributed by atoms with Gasteiger partial charge in [0, 0.05) is 23.1 Å². The molecule has 190 valence electrons. The van der Waals surface area contributed by atoms with Crippen LogP contribution >= 0.6 is 0 Å². The van der Waals surface area contributed by atoms with Crippen LogP contribution in [-0.2, 0) is 0 Å². The second-order valence-electron chi connectivity index (χ2n) is 8.53. The van der Waals surface area contributed by atoms with Gasteiger partial charge in [0.2, 0.25) is 11.6 Å². The third-order valence-corrected chi connectivity index (χ3v) is 5.97. The highest BCUT2D eigenvalue weighted by Gasteiger charge is 2.15. The van der Waals surface area contributed by atoms with Crippen molar-refractivity contribution in [3.63, 3.8) is 0 Å². The molecular weight excluding hydrogens is 499 g/mol. The molecule has 1 N–H and O–H groups in total. The van der Waals surface area contributed by atoms with Gasteiger partial charge in [0.05, 0.1) is 0 Å². The first kappa shape index (κ1) is 23.8. The molecule has 0 bridgehead atoms. The zero-order valence-electron chi connectivity index (χ0n) is 20.2. The van der Waals surface area contributed by atoms with Crippen LogP contribution in [-0.4, -0.2) is 20.4 Å². The van der Waals surface area contributed by atoms with E-state index in [2.05, 4.69) is 15.3 Å². The molecule has 0 aliphatic heterocycles. The predicted molar refractivity (Wildman–Crippen MR) is 144 cm³/mol. The minimum absolute atomic E-state index is 0.0558. The number of hydrogen-bond donors (Lipinski definition) is 1. The third kappa shape index (κ3) is 4.88. The lowest BCUT2D eigenvalue weighted by Gasteiger charge is -2.10. The van der Waals surface area contributed by atoms with Crippen LogP contribution in [0, 0.1) is 5.82 Å². The van der Waals surface area contributed by atoms with E-state index in [4.69, 9.17) is 9.15 Å². The molecule has 0 radical (unpaired) electrons. The Balaban J connectivity index is 1.19. The fourth-order valence-electron chi connectivity index (χ4n) is 4.05. The Morgan fingerprint density at radius 3 is 2.44 bits per heavy atom. The van der Waals surface area contributed by atoms with E-state index in [9.17, 15) is 14.0 Å². The van der Waals surface area contributed by atoms with Crippen molar-refractivity contribution in [3.8, 4) is 28.6 Å². The summed E-state index contributed by atoms with van der Waals surface area (Å²) in [4.78, 5) is 34.2. The Labute approximate surface area is 221 Å². The van der Waals surface area contributed by atoms with E-state index in [1.807, 2.05) is 36.4 Å². The molecule has 0 saturated heterocycles. The molecule has 0 aliphatic carbocycles. The topological polar surface area (TPSA) is 99.2 Å². The number of nitrogens with zero attached hydrogens (tertiary/aromatic N) is 3. The number of amides is 1. The number of fused-ring (bicyclic) bond motifs is 1. The predicted octanol–water partition coefficient (Wildman–Crippen LogP) is 6.22. The number of halogens is 1. The molecule has 0 saturated carbocycles. The van der Waals surface area contributed by atoms with Crippen molar-refractivity contribution in [1.29, 1.82) is 0 Å². The van der Waals surface area contributed by atoms with Gasteiger partial charge < -0.3 is 14.5 Å². The summed E-state index contributed by atoms with van der Waals surface area (Å²) in [6.45, 7) is 0. The molecule has 9 heteroatoms. The van der Waals surface area contributed by atoms with Crippen LogP contribution in [0.1, 0.15) is 10.4 Å². The third-order valence-electron chi connectivity index (χ3n) is 5.97. The highest BCUT2D eigenvalue weighted by Crippen LogP contribution is 2.33. The van der Waals surface area contributed by atoms with Crippen LogP contribution in [0.25, 0.3) is 28.1 Å². The highest BCUT2D eigenvalue weighted by atomic mass is 19.1. The number of furan rings is 1. The number of carbonyl (C=O) groups is 1. The fraction of sp³-hybridized carbons (Fsp3) is 0. The number of aromatic nitrogens is 3. The molecule has 0 spiro atoms. The van der Waals surface area contributed by atoms with Crippen molar-refractivity contribution in [2.45, 2.75) is 0 Å². The minimum atomic E-state index is -0.575. The van der Waals surface area contributed by atoms with Gasteiger partial charge in [-0.1, -0.05) is 30.3 Å². The monoisotopic (exact) mass is 518 g/mol. The van der Waals surface area contributed by atoms with Gasteiger partial charge in [0.25, 0.3) is 11.5 Å². The first-order valence-corrected chi connectivity index (χ1v) is 11.9. The average molecular weight is 519 g/mol. The Morgan fingerprint density at radius 2 is 1.67 bits per heavy atom. The molecule has 0 fully saturated rings. The number of benzene rings is 3. The summed E-state index contributed by atoms with van der Waals surface area (Å²) in [7, 11) is 0. The maximum absolute atomic E-state index is 13.3. The summed E-state index contributed by atoms with van der Waals surface area (Å²) in [5.74, 6) is 0.462. The van der Waals surface area contributed by atoms with Crippen molar-refractivity contribution in [1.82, 2.24) is 14.5 Å². The zero-order chi connectivity index (χ0) is 26.8. The van der Waals surface area contributed by atoms with E-state index in [0.717, 1.165) is 5.56 Å². The molecule has 6 aromatic rings. The SMILES string of the molecule is O=C(Nc1ccc(Oc2ncnc3oc(-c4ccccc4)cc23)cc1)c1cccn(-c2ccc(F)cc2)c1=O. The van der Waals surface area contributed by atoms with E-state index < -0.39 is 17.3 Å². The molecule has 3 heterocycles. The number of carbonyl (C=O) groups excluding carboxylic acids is 1. The van der Waals surface area contributed by atoms with Gasteiger partial charge in [0.15, 0.2) is 0 Å². The van der Waals surface area contributed by atoms with Crippen LogP contribution in [0.3, 0.4) is 0 Å². The quantitative estimate of drug-likeness (QED) is 0.281. The van der Waals surface area contributed by atoms with Crippen LogP contribution in [0.5, 0.6) is 11.6 Å². The van der Waals surface area contributed by atoms with Crippen LogP contribution in [0.15, 0.2) is 119 Å². The maximum atomic E-state index is 13.3. The van der Waals surface area contributed by atoms with Crippen molar-refractivity contribution in [3.05, 3.63) is 131 Å². The van der Waals surface area contributed by atoms with Crippen LogP contribution in [0.2, 0.25) is 0 Å². The average Bonchev–Trinajstić information content (AvgIpc) is 3.41. The zero-order valence-corrected chi connectivity index (χ0v) is 20.2. The molecule has 1 amide bonds. The maximum Gasteiger partial charge on any atom is 0.267 e. The van der Waals surface area contributed by atoms with E-state index in [1.165, 1.54) is 47.4 Å². The normalized spacial score (nSPS) is 10.9. The lowest BCUT2D eigenvalue weighted by Crippen LogP contribution is -2.27. The van der Waals surface area contributed by atoms with E-state index in [0.29, 0.717) is 39.9 Å². The summed E-state index contributed by atoms with van der Waals surface area (Å²) >= 11 is 0. The summed E-state index contributed by atoms with van der Waals surface area (Å²) in [5, 5.41) is 3.34. The molecular formula is C30H19FN4O4. The van der Waals surface area contributed by atoms with Gasteiger partial charge in [-0.3, -0.25) is 14.2 Å². The molecule has 0 unspecified atom stereocenters.